The predicted octanol–water partition coefficient (Wildman–Crippen LogP) is 1.57. The van der Waals surface area contributed by atoms with E-state index in [1.807, 2.05) is 12.1 Å². The number of nitrogens with one attached hydrogen (secondary N) is 1. The van der Waals surface area contributed by atoms with Crippen LogP contribution >= 0.6 is 0 Å². The molecule has 144 valence electrons. The quantitative estimate of drug-likeness (QED) is 0.785. The first-order chi connectivity index (χ1) is 12.5. The van der Waals surface area contributed by atoms with Crippen LogP contribution in [0.15, 0.2) is 23.1 Å². The fraction of sp³-hybridized carbons (Fsp3) is 0.632. The maximum Gasteiger partial charge on any atom is 0.243 e. The molecule has 1 aromatic rings. The summed E-state index contributed by atoms with van der Waals surface area (Å²) in [6.07, 6.45) is 7.17. The summed E-state index contributed by atoms with van der Waals surface area (Å²) < 4.78 is 28.1. The molecule has 1 unspecified atom stereocenters. The smallest absolute Gasteiger partial charge is 0.243 e. The molecule has 1 fully saturated rings. The van der Waals surface area contributed by atoms with Crippen molar-refractivity contribution in [1.29, 1.82) is 0 Å². The maximum atomic E-state index is 13.2. The number of fused-ring (bicyclic) bond motifs is 1. The lowest BCUT2D eigenvalue weighted by Crippen LogP contribution is -2.49. The Bertz CT molecular complexity index is 748. The number of carbonyl (C=O) groups is 1. The molecule has 1 saturated heterocycles. The summed E-state index contributed by atoms with van der Waals surface area (Å²) in [5.74, 6) is -0.121. The third kappa shape index (κ3) is 4.27. The highest BCUT2D eigenvalue weighted by molar-refractivity contribution is 7.89. The van der Waals surface area contributed by atoms with E-state index in [0.29, 0.717) is 24.5 Å². The minimum atomic E-state index is -3.55. The van der Waals surface area contributed by atoms with Crippen LogP contribution in [0.4, 0.5) is 0 Å². The van der Waals surface area contributed by atoms with E-state index in [4.69, 9.17) is 5.73 Å². The number of sulfonamides is 1. The number of carbonyl (C=O) groups excluding carboxylic acids is 1. The lowest BCUT2D eigenvalue weighted by atomic mass is 9.92. The Kier molecular flexibility index (Phi) is 6.32. The van der Waals surface area contributed by atoms with Crippen LogP contribution in [0.3, 0.4) is 0 Å². The molecule has 0 bridgehead atoms. The lowest BCUT2D eigenvalue weighted by Gasteiger charge is -2.35. The van der Waals surface area contributed by atoms with E-state index >= 15 is 0 Å². The molecule has 1 heterocycles. The molecule has 1 atom stereocenters. The van der Waals surface area contributed by atoms with Gasteiger partial charge in [0.25, 0.3) is 0 Å². The monoisotopic (exact) mass is 379 g/mol. The van der Waals surface area contributed by atoms with Gasteiger partial charge in [-0.05, 0) is 61.8 Å². The standard InChI is InChI=1S/C19H29N3O3S/c20-11-10-19(23)21-14-17-7-3-4-12-22(17)26(24,25)18-9-8-15-5-1-2-6-16(15)13-18/h8-9,13,17H,1-7,10-12,14,20H2,(H,21,23). The van der Waals surface area contributed by atoms with Crippen molar-refractivity contribution in [2.75, 3.05) is 19.6 Å². The Morgan fingerprint density at radius 3 is 2.69 bits per heavy atom. The Hall–Kier alpha value is -1.44. The van der Waals surface area contributed by atoms with Crippen molar-refractivity contribution >= 4 is 15.9 Å². The first-order valence-electron chi connectivity index (χ1n) is 9.63. The molecule has 1 amide bonds. The normalized spacial score (nSPS) is 21.2. The fourth-order valence-electron chi connectivity index (χ4n) is 3.95. The number of nitrogens with two attached hydrogens (primary N) is 1. The molecule has 3 N–H and O–H groups in total. The van der Waals surface area contributed by atoms with Crippen LogP contribution in [0.1, 0.15) is 49.7 Å². The summed E-state index contributed by atoms with van der Waals surface area (Å²) in [5, 5.41) is 2.83. The van der Waals surface area contributed by atoms with Crippen LogP contribution in [0.5, 0.6) is 0 Å². The lowest BCUT2D eigenvalue weighted by molar-refractivity contribution is -0.121. The van der Waals surface area contributed by atoms with Gasteiger partial charge >= 0.3 is 0 Å². The Balaban J connectivity index is 1.78. The number of benzene rings is 1. The third-order valence-corrected chi connectivity index (χ3v) is 7.35. The highest BCUT2D eigenvalue weighted by atomic mass is 32.2. The fourth-order valence-corrected chi connectivity index (χ4v) is 5.70. The van der Waals surface area contributed by atoms with Gasteiger partial charge in [-0.2, -0.15) is 4.31 Å². The first kappa shape index (κ1) is 19.3. The van der Waals surface area contributed by atoms with Crippen molar-refractivity contribution in [2.24, 2.45) is 5.73 Å². The first-order valence-corrected chi connectivity index (χ1v) is 11.1. The molecule has 7 heteroatoms. The molecule has 0 radical (unpaired) electrons. The molecule has 26 heavy (non-hydrogen) atoms. The zero-order valence-corrected chi connectivity index (χ0v) is 16.1. The Morgan fingerprint density at radius 2 is 1.92 bits per heavy atom. The number of hydrogen-bond donors (Lipinski definition) is 2. The summed E-state index contributed by atoms with van der Waals surface area (Å²) >= 11 is 0. The van der Waals surface area contributed by atoms with Gasteiger partial charge in [-0.25, -0.2) is 8.42 Å². The van der Waals surface area contributed by atoms with E-state index in [2.05, 4.69) is 5.32 Å². The average molecular weight is 380 g/mol. The van der Waals surface area contributed by atoms with Crippen molar-refractivity contribution in [3.8, 4) is 0 Å². The minimum Gasteiger partial charge on any atom is -0.354 e. The summed E-state index contributed by atoms with van der Waals surface area (Å²) in [6.45, 7) is 1.16. The number of amides is 1. The van der Waals surface area contributed by atoms with E-state index in [1.165, 1.54) is 17.5 Å². The maximum absolute atomic E-state index is 13.2. The molecule has 1 aromatic carbocycles. The second kappa shape index (κ2) is 8.50. The molecule has 6 nitrogen and oxygen atoms in total. The van der Waals surface area contributed by atoms with Crippen molar-refractivity contribution in [1.82, 2.24) is 9.62 Å². The molecule has 0 saturated carbocycles. The van der Waals surface area contributed by atoms with Crippen molar-refractivity contribution in [2.45, 2.75) is 62.3 Å². The number of aryl methyl sites for hydroxylation is 2. The average Bonchev–Trinajstić information content (AvgIpc) is 2.66. The Morgan fingerprint density at radius 1 is 1.15 bits per heavy atom. The van der Waals surface area contributed by atoms with Crippen molar-refractivity contribution in [3.05, 3.63) is 29.3 Å². The SMILES string of the molecule is NCCC(=O)NCC1CCCCN1S(=O)(=O)c1ccc2c(c1)CCCC2. The molecule has 1 aliphatic carbocycles. The number of rotatable bonds is 6. The van der Waals surface area contributed by atoms with Gasteiger partial charge in [0.2, 0.25) is 15.9 Å². The second-order valence-corrected chi connectivity index (χ2v) is 9.14. The number of hydrogen-bond acceptors (Lipinski definition) is 4. The van der Waals surface area contributed by atoms with Crippen LogP contribution in [0.25, 0.3) is 0 Å². The van der Waals surface area contributed by atoms with Crippen LogP contribution in [-0.2, 0) is 27.7 Å². The number of nitrogens with zero attached hydrogens (tertiary/aromatic N) is 1. The molecule has 3 rings (SSSR count). The summed E-state index contributed by atoms with van der Waals surface area (Å²) in [7, 11) is -3.55. The van der Waals surface area contributed by atoms with Gasteiger partial charge in [-0.1, -0.05) is 12.5 Å². The van der Waals surface area contributed by atoms with Crippen LogP contribution < -0.4 is 11.1 Å². The molecule has 0 spiro atoms. The highest BCUT2D eigenvalue weighted by Gasteiger charge is 2.34. The van der Waals surface area contributed by atoms with E-state index in [0.717, 1.165) is 38.5 Å². The molecular formula is C19H29N3O3S. The predicted molar refractivity (Wildman–Crippen MR) is 101 cm³/mol. The third-order valence-electron chi connectivity index (χ3n) is 5.41. The molecular weight excluding hydrogens is 350 g/mol. The van der Waals surface area contributed by atoms with Gasteiger partial charge in [0, 0.05) is 32.1 Å². The Labute approximate surface area is 156 Å². The van der Waals surface area contributed by atoms with Gasteiger partial charge in [-0.15, -0.1) is 0 Å². The van der Waals surface area contributed by atoms with Gasteiger partial charge in [0.05, 0.1) is 4.90 Å². The molecule has 2 aliphatic rings. The summed E-state index contributed by atoms with van der Waals surface area (Å²) in [6, 6.07) is 5.40. The molecule has 1 aliphatic heterocycles. The molecule has 0 aromatic heterocycles. The summed E-state index contributed by atoms with van der Waals surface area (Å²) in [4.78, 5) is 12.1. The van der Waals surface area contributed by atoms with Crippen LogP contribution in [-0.4, -0.2) is 44.3 Å². The number of piperidine rings is 1. The van der Waals surface area contributed by atoms with Gasteiger partial charge in [-0.3, -0.25) is 4.79 Å². The van der Waals surface area contributed by atoms with Crippen LogP contribution in [0, 0.1) is 0 Å². The topological polar surface area (TPSA) is 92.5 Å². The van der Waals surface area contributed by atoms with E-state index in [-0.39, 0.29) is 18.4 Å². The van der Waals surface area contributed by atoms with Gasteiger partial charge in [0.1, 0.15) is 0 Å². The zero-order chi connectivity index (χ0) is 18.6. The van der Waals surface area contributed by atoms with Gasteiger partial charge < -0.3 is 11.1 Å². The van der Waals surface area contributed by atoms with E-state index < -0.39 is 10.0 Å². The minimum absolute atomic E-state index is 0.121. The second-order valence-electron chi connectivity index (χ2n) is 7.25. The van der Waals surface area contributed by atoms with Gasteiger partial charge in [0.15, 0.2) is 0 Å². The van der Waals surface area contributed by atoms with E-state index in [9.17, 15) is 13.2 Å². The zero-order valence-electron chi connectivity index (χ0n) is 15.2. The van der Waals surface area contributed by atoms with Crippen molar-refractivity contribution in [3.63, 3.8) is 0 Å². The van der Waals surface area contributed by atoms with E-state index in [1.54, 1.807) is 10.4 Å². The summed E-state index contributed by atoms with van der Waals surface area (Å²) in [5.41, 5.74) is 7.85. The van der Waals surface area contributed by atoms with Crippen LogP contribution in [0.2, 0.25) is 0 Å². The van der Waals surface area contributed by atoms with Crippen molar-refractivity contribution < 1.29 is 13.2 Å². The highest BCUT2D eigenvalue weighted by Crippen LogP contribution is 2.29. The largest absolute Gasteiger partial charge is 0.354 e.